The number of piperidine rings is 1. The van der Waals surface area contributed by atoms with Crippen LogP contribution in [0.3, 0.4) is 0 Å². The first-order valence-corrected chi connectivity index (χ1v) is 3.88. The summed E-state index contributed by atoms with van der Waals surface area (Å²) in [4.78, 5) is 10.3. The summed E-state index contributed by atoms with van der Waals surface area (Å²) in [7, 11) is 0. The van der Waals surface area contributed by atoms with E-state index in [0.717, 1.165) is 12.8 Å². The summed E-state index contributed by atoms with van der Waals surface area (Å²) in [6, 6.07) is 0.705. The summed E-state index contributed by atoms with van der Waals surface area (Å²) in [5.74, 6) is 0. The Morgan fingerprint density at radius 1 is 1.60 bits per heavy atom. The molecule has 1 heterocycles. The SMILES string of the molecule is O=C[CH]C12CCC(C1)NC2. The van der Waals surface area contributed by atoms with Gasteiger partial charge in [0.15, 0.2) is 0 Å². The number of aldehydes is 1. The van der Waals surface area contributed by atoms with E-state index < -0.39 is 0 Å². The van der Waals surface area contributed by atoms with Gasteiger partial charge in [-0.1, -0.05) is 0 Å². The lowest BCUT2D eigenvalue weighted by Crippen LogP contribution is -2.30. The van der Waals surface area contributed by atoms with E-state index >= 15 is 0 Å². The average molecular weight is 138 g/mol. The van der Waals surface area contributed by atoms with E-state index in [1.54, 1.807) is 0 Å². The lowest BCUT2D eigenvalue weighted by molar-refractivity contribution is -0.106. The van der Waals surface area contributed by atoms with Crippen LogP contribution < -0.4 is 5.32 Å². The molecule has 2 unspecified atom stereocenters. The molecule has 2 atom stereocenters. The van der Waals surface area contributed by atoms with Crippen LogP contribution in [0.2, 0.25) is 0 Å². The van der Waals surface area contributed by atoms with Crippen LogP contribution in [0.1, 0.15) is 19.3 Å². The molecule has 1 N–H and O–H groups in total. The monoisotopic (exact) mass is 138 g/mol. The van der Waals surface area contributed by atoms with Crippen molar-refractivity contribution in [2.75, 3.05) is 6.54 Å². The first kappa shape index (κ1) is 6.35. The molecule has 2 aliphatic rings. The minimum atomic E-state index is 0.256. The second-order valence-electron chi connectivity index (χ2n) is 3.49. The summed E-state index contributed by atoms with van der Waals surface area (Å²) >= 11 is 0. The number of carbonyl (C=O) groups excluding carboxylic acids is 1. The van der Waals surface area contributed by atoms with E-state index in [4.69, 9.17) is 0 Å². The number of hydrogen-bond acceptors (Lipinski definition) is 2. The van der Waals surface area contributed by atoms with Crippen LogP contribution in [0, 0.1) is 11.8 Å². The van der Waals surface area contributed by atoms with Crippen LogP contribution in [-0.2, 0) is 4.79 Å². The topological polar surface area (TPSA) is 29.1 Å². The zero-order valence-corrected chi connectivity index (χ0v) is 5.97. The molecule has 1 saturated heterocycles. The second kappa shape index (κ2) is 2.06. The fourth-order valence-corrected chi connectivity index (χ4v) is 2.19. The fourth-order valence-electron chi connectivity index (χ4n) is 2.19. The predicted molar refractivity (Wildman–Crippen MR) is 38.4 cm³/mol. The van der Waals surface area contributed by atoms with Crippen molar-refractivity contribution < 1.29 is 4.79 Å². The molecule has 0 aromatic carbocycles. The highest BCUT2D eigenvalue weighted by Crippen LogP contribution is 2.44. The third-order valence-corrected chi connectivity index (χ3v) is 2.81. The van der Waals surface area contributed by atoms with Crippen molar-refractivity contribution in [3.63, 3.8) is 0 Å². The Balaban J connectivity index is 2.07. The van der Waals surface area contributed by atoms with Gasteiger partial charge in [0, 0.05) is 19.0 Å². The normalized spacial score (nSPS) is 44.2. The lowest BCUT2D eigenvalue weighted by Gasteiger charge is -2.22. The molecule has 2 bridgehead atoms. The van der Waals surface area contributed by atoms with Gasteiger partial charge >= 0.3 is 0 Å². The molecule has 0 spiro atoms. The molecule has 0 amide bonds. The molecular weight excluding hydrogens is 126 g/mol. The number of rotatable bonds is 2. The number of fused-ring (bicyclic) bond motifs is 2. The third-order valence-electron chi connectivity index (χ3n) is 2.81. The Kier molecular flexibility index (Phi) is 1.31. The van der Waals surface area contributed by atoms with E-state index in [2.05, 4.69) is 5.32 Å². The number of nitrogens with one attached hydrogen (secondary N) is 1. The van der Waals surface area contributed by atoms with Gasteiger partial charge in [-0.2, -0.15) is 0 Å². The van der Waals surface area contributed by atoms with Crippen LogP contribution in [0.4, 0.5) is 0 Å². The Morgan fingerprint density at radius 3 is 2.90 bits per heavy atom. The maximum absolute atomic E-state index is 10.3. The molecule has 1 aliphatic carbocycles. The van der Waals surface area contributed by atoms with E-state index in [0.29, 0.717) is 6.04 Å². The van der Waals surface area contributed by atoms with Crippen molar-refractivity contribution in [2.24, 2.45) is 5.41 Å². The third kappa shape index (κ3) is 0.788. The first-order chi connectivity index (χ1) is 4.85. The Bertz CT molecular complexity index is 147. The van der Waals surface area contributed by atoms with E-state index in [1.807, 2.05) is 6.42 Å². The molecule has 10 heavy (non-hydrogen) atoms. The second-order valence-corrected chi connectivity index (χ2v) is 3.49. The summed E-state index contributed by atoms with van der Waals surface area (Å²) < 4.78 is 0. The van der Waals surface area contributed by atoms with Crippen LogP contribution in [-0.4, -0.2) is 18.9 Å². The van der Waals surface area contributed by atoms with Gasteiger partial charge in [0.2, 0.25) is 0 Å². The quantitative estimate of drug-likeness (QED) is 0.564. The molecule has 2 heteroatoms. The first-order valence-electron chi connectivity index (χ1n) is 3.88. The van der Waals surface area contributed by atoms with Gasteiger partial charge in [-0.15, -0.1) is 0 Å². The van der Waals surface area contributed by atoms with Gasteiger partial charge in [-0.25, -0.2) is 0 Å². The smallest absolute Gasteiger partial charge is 0.124 e. The molecule has 2 rings (SSSR count). The Morgan fingerprint density at radius 2 is 2.50 bits per heavy atom. The average Bonchev–Trinajstić information content (AvgIpc) is 2.46. The summed E-state index contributed by atoms with van der Waals surface area (Å²) in [6.07, 6.45) is 6.45. The zero-order chi connectivity index (χ0) is 7.03. The highest BCUT2D eigenvalue weighted by Gasteiger charge is 2.44. The van der Waals surface area contributed by atoms with Gasteiger partial charge in [0.25, 0.3) is 0 Å². The van der Waals surface area contributed by atoms with Gasteiger partial charge in [-0.3, -0.25) is 0 Å². The largest absolute Gasteiger partial charge is 0.313 e. The molecule has 0 aromatic heterocycles. The van der Waals surface area contributed by atoms with Gasteiger partial charge < -0.3 is 10.1 Å². The summed E-state index contributed by atoms with van der Waals surface area (Å²) in [5, 5.41) is 3.39. The summed E-state index contributed by atoms with van der Waals surface area (Å²) in [5.41, 5.74) is 0.256. The van der Waals surface area contributed by atoms with Gasteiger partial charge in [0.05, 0.1) is 0 Å². The standard InChI is InChI=1S/C8H12NO/c10-4-3-8-2-1-7(5-8)9-6-8/h3-4,7,9H,1-2,5-6H2. The highest BCUT2D eigenvalue weighted by atomic mass is 16.1. The van der Waals surface area contributed by atoms with E-state index in [1.165, 1.54) is 19.3 Å². The van der Waals surface area contributed by atoms with Crippen molar-refractivity contribution >= 4 is 6.29 Å². The number of carbonyl (C=O) groups is 1. The van der Waals surface area contributed by atoms with E-state index in [-0.39, 0.29) is 5.41 Å². The molecule has 55 valence electrons. The van der Waals surface area contributed by atoms with Crippen LogP contribution in [0.25, 0.3) is 0 Å². The van der Waals surface area contributed by atoms with Crippen molar-refractivity contribution in [3.8, 4) is 0 Å². The highest BCUT2D eigenvalue weighted by molar-refractivity contribution is 5.63. The zero-order valence-electron chi connectivity index (χ0n) is 5.97. The minimum Gasteiger partial charge on any atom is -0.313 e. The minimum absolute atomic E-state index is 0.256. The van der Waals surface area contributed by atoms with Crippen molar-refractivity contribution in [1.82, 2.24) is 5.32 Å². The van der Waals surface area contributed by atoms with Gasteiger partial charge in [0.1, 0.15) is 6.29 Å². The fraction of sp³-hybridized carbons (Fsp3) is 0.750. The number of hydrogen-bond donors (Lipinski definition) is 1. The molecule has 1 radical (unpaired) electrons. The molecule has 2 fully saturated rings. The molecular formula is C8H12NO. The molecule has 1 saturated carbocycles. The Labute approximate surface area is 61.0 Å². The van der Waals surface area contributed by atoms with Crippen LogP contribution in [0.15, 0.2) is 0 Å². The predicted octanol–water partition coefficient (Wildman–Crippen LogP) is 0.532. The maximum Gasteiger partial charge on any atom is 0.124 e. The molecule has 2 nitrogen and oxygen atoms in total. The van der Waals surface area contributed by atoms with Crippen molar-refractivity contribution in [3.05, 3.63) is 6.42 Å². The lowest BCUT2D eigenvalue weighted by atomic mass is 9.85. The maximum atomic E-state index is 10.3. The van der Waals surface area contributed by atoms with Crippen molar-refractivity contribution in [2.45, 2.75) is 25.3 Å². The van der Waals surface area contributed by atoms with Crippen LogP contribution >= 0.6 is 0 Å². The van der Waals surface area contributed by atoms with Gasteiger partial charge in [-0.05, 0) is 24.7 Å². The molecule has 0 aromatic rings. The molecule has 1 aliphatic heterocycles. The summed E-state index contributed by atoms with van der Waals surface area (Å²) in [6.45, 7) is 1.02. The van der Waals surface area contributed by atoms with E-state index in [9.17, 15) is 4.79 Å². The van der Waals surface area contributed by atoms with Crippen molar-refractivity contribution in [1.29, 1.82) is 0 Å². The Hall–Kier alpha value is -0.370. The van der Waals surface area contributed by atoms with Crippen LogP contribution in [0.5, 0.6) is 0 Å².